The summed E-state index contributed by atoms with van der Waals surface area (Å²) in [5, 5.41) is 18.3. The number of esters is 2. The molecule has 53 heavy (non-hydrogen) atoms. The molecule has 0 rings (SSSR count). The number of allylic oxidation sites excluding steroid dienone is 2. The molecule has 0 saturated carbocycles. The van der Waals surface area contributed by atoms with Crippen molar-refractivity contribution in [3.63, 3.8) is 0 Å². The minimum Gasteiger partial charge on any atom is -0.462 e. The molecule has 0 aliphatic heterocycles. The lowest BCUT2D eigenvalue weighted by molar-refractivity contribution is -0.161. The molecule has 0 aliphatic carbocycles. The second-order valence-corrected chi connectivity index (χ2v) is 16.2. The van der Waals surface area contributed by atoms with Crippen molar-refractivity contribution in [2.24, 2.45) is 0 Å². The molecule has 0 bridgehead atoms. The lowest BCUT2D eigenvalue weighted by atomic mass is 10.0. The number of carbonyl (C=O) groups excluding carboxylic acids is 2. The predicted octanol–water partition coefficient (Wildman–Crippen LogP) is 11.2. The van der Waals surface area contributed by atoms with Crippen molar-refractivity contribution < 1.29 is 47.8 Å². The van der Waals surface area contributed by atoms with Crippen molar-refractivity contribution in [3.8, 4) is 0 Å². The summed E-state index contributed by atoms with van der Waals surface area (Å²) in [7, 11) is -4.61. The lowest BCUT2D eigenvalue weighted by Gasteiger charge is -2.20. The zero-order valence-corrected chi connectivity index (χ0v) is 34.9. The molecule has 0 radical (unpaired) electrons. The van der Waals surface area contributed by atoms with Gasteiger partial charge in [-0.2, -0.15) is 0 Å². The van der Waals surface area contributed by atoms with Gasteiger partial charge in [0.25, 0.3) is 0 Å². The first-order valence-electron chi connectivity index (χ1n) is 21.6. The highest BCUT2D eigenvalue weighted by Gasteiger charge is 2.27. The van der Waals surface area contributed by atoms with Crippen LogP contribution < -0.4 is 0 Å². The third-order valence-corrected chi connectivity index (χ3v) is 10.4. The highest BCUT2D eigenvalue weighted by molar-refractivity contribution is 7.47. The standard InChI is InChI=1S/C42H81O10P/c1-3-5-7-9-11-13-15-17-19-21-23-25-27-29-31-33-41(45)49-37-40(38-51-53(47,48)50-36-39(44)35-43)52-42(46)34-32-30-28-26-24-22-20-18-16-14-12-10-8-6-4-2/h18,20,39-40,43-44H,3-17,19,21-38H2,1-2H3,(H,47,48)/b20-18+/t39-,40+/m0/s1. The Morgan fingerprint density at radius 1 is 0.547 bits per heavy atom. The maximum atomic E-state index is 12.6. The monoisotopic (exact) mass is 777 g/mol. The number of phosphoric acid groups is 1. The van der Waals surface area contributed by atoms with Gasteiger partial charge in [-0.1, -0.05) is 167 Å². The van der Waals surface area contributed by atoms with Crippen molar-refractivity contribution in [3.05, 3.63) is 12.2 Å². The van der Waals surface area contributed by atoms with Crippen LogP contribution in [0.1, 0.15) is 206 Å². The Balaban J connectivity index is 4.28. The van der Waals surface area contributed by atoms with Gasteiger partial charge in [-0.15, -0.1) is 0 Å². The summed E-state index contributed by atoms with van der Waals surface area (Å²) in [6, 6.07) is 0. The molecular weight excluding hydrogens is 695 g/mol. The average molecular weight is 777 g/mol. The zero-order valence-electron chi connectivity index (χ0n) is 34.0. The Kier molecular flexibility index (Phi) is 38.0. The number of hydrogen-bond acceptors (Lipinski definition) is 9. The van der Waals surface area contributed by atoms with Crippen LogP contribution >= 0.6 is 7.82 Å². The van der Waals surface area contributed by atoms with Gasteiger partial charge in [-0.25, -0.2) is 4.57 Å². The van der Waals surface area contributed by atoms with Crippen molar-refractivity contribution >= 4 is 19.8 Å². The van der Waals surface area contributed by atoms with E-state index in [9.17, 15) is 24.2 Å². The number of rotatable bonds is 41. The third kappa shape index (κ3) is 38.8. The van der Waals surface area contributed by atoms with Gasteiger partial charge in [0.2, 0.25) is 0 Å². The van der Waals surface area contributed by atoms with Crippen LogP contribution in [0.15, 0.2) is 12.2 Å². The fourth-order valence-electron chi connectivity index (χ4n) is 6.05. The molecule has 3 N–H and O–H groups in total. The summed E-state index contributed by atoms with van der Waals surface area (Å²) in [5.41, 5.74) is 0. The van der Waals surface area contributed by atoms with Crippen LogP contribution in [0.25, 0.3) is 0 Å². The van der Waals surface area contributed by atoms with E-state index >= 15 is 0 Å². The van der Waals surface area contributed by atoms with Crippen molar-refractivity contribution in [2.75, 3.05) is 26.4 Å². The number of phosphoric ester groups is 1. The predicted molar refractivity (Wildman–Crippen MR) is 215 cm³/mol. The average Bonchev–Trinajstić information content (AvgIpc) is 3.14. The van der Waals surface area contributed by atoms with Gasteiger partial charge in [0, 0.05) is 12.8 Å². The summed E-state index contributed by atoms with van der Waals surface area (Å²) in [5.74, 6) is -0.924. The van der Waals surface area contributed by atoms with Crippen LogP contribution in [0.5, 0.6) is 0 Å². The van der Waals surface area contributed by atoms with Crippen LogP contribution in [-0.2, 0) is 32.7 Å². The van der Waals surface area contributed by atoms with Gasteiger partial charge in [0.15, 0.2) is 6.10 Å². The SMILES string of the molecule is CCCCCCCC/C=C/CCCCCCCC(=O)O[C@H](COC(=O)CCCCCCCCCCCCCCCCC)COP(=O)(O)OC[C@@H](O)CO. The first-order valence-corrected chi connectivity index (χ1v) is 23.1. The zero-order chi connectivity index (χ0) is 39.1. The van der Waals surface area contributed by atoms with E-state index in [1.54, 1.807) is 0 Å². The first-order chi connectivity index (χ1) is 25.7. The first kappa shape index (κ1) is 51.7. The fourth-order valence-corrected chi connectivity index (χ4v) is 6.84. The number of aliphatic hydroxyl groups is 2. The molecule has 0 aromatic rings. The van der Waals surface area contributed by atoms with E-state index in [1.165, 1.54) is 109 Å². The van der Waals surface area contributed by atoms with Crippen LogP contribution in [0.2, 0.25) is 0 Å². The largest absolute Gasteiger partial charge is 0.472 e. The molecule has 0 aliphatic rings. The second kappa shape index (κ2) is 39.0. The van der Waals surface area contributed by atoms with Gasteiger partial charge >= 0.3 is 19.8 Å². The summed E-state index contributed by atoms with van der Waals surface area (Å²) >= 11 is 0. The molecule has 0 heterocycles. The molecule has 0 aromatic heterocycles. The van der Waals surface area contributed by atoms with Gasteiger partial charge in [-0.05, 0) is 38.5 Å². The minimum atomic E-state index is -4.61. The quantitative estimate of drug-likeness (QED) is 0.0237. The molecule has 3 atom stereocenters. The highest BCUT2D eigenvalue weighted by Crippen LogP contribution is 2.43. The summed E-state index contributed by atoms with van der Waals surface area (Å²) in [6.07, 6.45) is 36.0. The molecule has 314 valence electrons. The highest BCUT2D eigenvalue weighted by atomic mass is 31.2. The maximum Gasteiger partial charge on any atom is 0.472 e. The van der Waals surface area contributed by atoms with E-state index in [0.29, 0.717) is 12.8 Å². The number of aliphatic hydroxyl groups excluding tert-OH is 2. The fraction of sp³-hybridized carbons (Fsp3) is 0.905. The number of carbonyl (C=O) groups is 2. The Morgan fingerprint density at radius 3 is 1.36 bits per heavy atom. The van der Waals surface area contributed by atoms with E-state index in [1.807, 2.05) is 0 Å². The van der Waals surface area contributed by atoms with E-state index in [0.717, 1.165) is 57.8 Å². The molecule has 0 spiro atoms. The lowest BCUT2D eigenvalue weighted by Crippen LogP contribution is -2.29. The Labute approximate surface area is 324 Å². The molecular formula is C42H81O10P. The van der Waals surface area contributed by atoms with E-state index in [2.05, 4.69) is 30.5 Å². The molecule has 1 unspecified atom stereocenters. The molecule has 0 aromatic carbocycles. The smallest absolute Gasteiger partial charge is 0.462 e. The van der Waals surface area contributed by atoms with Crippen molar-refractivity contribution in [1.29, 1.82) is 0 Å². The normalized spacial score (nSPS) is 14.0. The van der Waals surface area contributed by atoms with Crippen molar-refractivity contribution in [2.45, 2.75) is 219 Å². The summed E-state index contributed by atoms with van der Waals surface area (Å²) in [6.45, 7) is 2.39. The van der Waals surface area contributed by atoms with Crippen LogP contribution in [0, 0.1) is 0 Å². The maximum absolute atomic E-state index is 12.6. The Morgan fingerprint density at radius 2 is 0.925 bits per heavy atom. The van der Waals surface area contributed by atoms with E-state index in [-0.39, 0.29) is 19.4 Å². The Hall–Kier alpha value is -1.29. The minimum absolute atomic E-state index is 0.178. The molecule has 10 nitrogen and oxygen atoms in total. The van der Waals surface area contributed by atoms with Gasteiger partial charge in [0.1, 0.15) is 12.7 Å². The van der Waals surface area contributed by atoms with E-state index in [4.69, 9.17) is 19.1 Å². The van der Waals surface area contributed by atoms with Crippen LogP contribution in [0.3, 0.4) is 0 Å². The number of hydrogen-bond donors (Lipinski definition) is 3. The topological polar surface area (TPSA) is 149 Å². The van der Waals surface area contributed by atoms with Crippen molar-refractivity contribution in [1.82, 2.24) is 0 Å². The van der Waals surface area contributed by atoms with E-state index < -0.39 is 51.8 Å². The van der Waals surface area contributed by atoms with Gasteiger partial charge in [-0.3, -0.25) is 18.6 Å². The molecule has 11 heteroatoms. The molecule has 0 saturated heterocycles. The van der Waals surface area contributed by atoms with Crippen LogP contribution in [-0.4, -0.2) is 65.7 Å². The second-order valence-electron chi connectivity index (χ2n) is 14.7. The number of unbranched alkanes of at least 4 members (excludes halogenated alkanes) is 25. The molecule has 0 amide bonds. The van der Waals surface area contributed by atoms with Gasteiger partial charge in [0.05, 0.1) is 19.8 Å². The Bertz CT molecular complexity index is 899. The third-order valence-electron chi connectivity index (χ3n) is 9.42. The van der Waals surface area contributed by atoms with Gasteiger partial charge < -0.3 is 24.6 Å². The van der Waals surface area contributed by atoms with Crippen LogP contribution in [0.4, 0.5) is 0 Å². The number of ether oxygens (including phenoxy) is 2. The molecule has 0 fully saturated rings. The summed E-state index contributed by atoms with van der Waals surface area (Å²) in [4.78, 5) is 34.9. The summed E-state index contributed by atoms with van der Waals surface area (Å²) < 4.78 is 32.7.